The van der Waals surface area contributed by atoms with Gasteiger partial charge in [0.25, 0.3) is 0 Å². The first kappa shape index (κ1) is 14.6. The maximum absolute atomic E-state index is 11.1. The van der Waals surface area contributed by atoms with Crippen molar-refractivity contribution >= 4 is 17.5 Å². The summed E-state index contributed by atoms with van der Waals surface area (Å²) in [5.41, 5.74) is 6.84. The molecule has 1 aromatic heterocycles. The number of aromatic nitrogens is 1. The molecule has 3 N–H and O–H groups in total. The number of carboxylic acids is 1. The Balaban J connectivity index is 2.21. The topological polar surface area (TPSA) is 88.7 Å². The van der Waals surface area contributed by atoms with E-state index in [9.17, 15) is 4.79 Å². The number of methoxy groups -OCH3 is 1. The van der Waals surface area contributed by atoms with Gasteiger partial charge in [0.1, 0.15) is 11.6 Å². The van der Waals surface area contributed by atoms with Gasteiger partial charge in [-0.3, -0.25) is 0 Å². The number of carbonyl (C=O) groups is 1. The molecule has 2 rings (SSSR count). The van der Waals surface area contributed by atoms with Crippen LogP contribution in [-0.2, 0) is 6.54 Å². The van der Waals surface area contributed by atoms with Gasteiger partial charge in [-0.15, -0.1) is 0 Å². The zero-order valence-electron chi connectivity index (χ0n) is 11.9. The van der Waals surface area contributed by atoms with Crippen LogP contribution in [0.4, 0.5) is 11.5 Å². The number of benzene rings is 1. The number of nitrogens with zero attached hydrogens (tertiary/aromatic N) is 2. The molecule has 0 spiro atoms. The summed E-state index contributed by atoms with van der Waals surface area (Å²) in [5, 5.41) is 9.09. The molecule has 0 amide bonds. The molecule has 21 heavy (non-hydrogen) atoms. The molecular weight excluding hydrogens is 270 g/mol. The highest BCUT2D eigenvalue weighted by Gasteiger charge is 2.12. The summed E-state index contributed by atoms with van der Waals surface area (Å²) < 4.78 is 5.18. The van der Waals surface area contributed by atoms with Crippen molar-refractivity contribution in [3.05, 3.63) is 47.7 Å². The molecule has 0 atom stereocenters. The van der Waals surface area contributed by atoms with Crippen molar-refractivity contribution in [1.29, 1.82) is 0 Å². The van der Waals surface area contributed by atoms with Gasteiger partial charge in [0.2, 0.25) is 0 Å². The number of nitrogen functional groups attached to an aromatic ring is 1. The standard InChI is InChI=1S/C15H17N3O3/c1-18(9-10-4-3-5-11(6-10)21-2)14-7-12(15(19)20)13(16)8-17-14/h3-8H,9,16H2,1-2H3,(H,19,20). The smallest absolute Gasteiger partial charge is 0.337 e. The summed E-state index contributed by atoms with van der Waals surface area (Å²) in [5.74, 6) is 0.257. The lowest BCUT2D eigenvalue weighted by Gasteiger charge is -2.19. The highest BCUT2D eigenvalue weighted by molar-refractivity contribution is 5.94. The van der Waals surface area contributed by atoms with Crippen molar-refractivity contribution < 1.29 is 14.6 Å². The van der Waals surface area contributed by atoms with E-state index in [1.807, 2.05) is 36.2 Å². The monoisotopic (exact) mass is 287 g/mol. The van der Waals surface area contributed by atoms with Crippen molar-refractivity contribution in [3.8, 4) is 5.75 Å². The summed E-state index contributed by atoms with van der Waals surface area (Å²) in [4.78, 5) is 17.1. The Morgan fingerprint density at radius 1 is 1.43 bits per heavy atom. The van der Waals surface area contributed by atoms with E-state index >= 15 is 0 Å². The van der Waals surface area contributed by atoms with E-state index in [1.165, 1.54) is 12.3 Å². The number of pyridine rings is 1. The third kappa shape index (κ3) is 3.42. The molecule has 0 aliphatic heterocycles. The highest BCUT2D eigenvalue weighted by atomic mass is 16.5. The van der Waals surface area contributed by atoms with Gasteiger partial charge in [-0.1, -0.05) is 12.1 Å². The minimum absolute atomic E-state index is 0.0532. The average Bonchev–Trinajstić information content (AvgIpc) is 2.47. The molecule has 0 bridgehead atoms. The molecule has 1 heterocycles. The first-order valence-electron chi connectivity index (χ1n) is 6.34. The minimum atomic E-state index is -1.06. The van der Waals surface area contributed by atoms with Gasteiger partial charge in [-0.2, -0.15) is 0 Å². The van der Waals surface area contributed by atoms with Gasteiger partial charge in [0, 0.05) is 13.6 Å². The van der Waals surface area contributed by atoms with E-state index in [0.717, 1.165) is 11.3 Å². The van der Waals surface area contributed by atoms with Crippen LogP contribution in [0.1, 0.15) is 15.9 Å². The maximum atomic E-state index is 11.1. The second-order valence-electron chi connectivity index (χ2n) is 4.64. The Morgan fingerprint density at radius 2 is 2.19 bits per heavy atom. The number of carboxylic acid groups (broad SMARTS) is 1. The highest BCUT2D eigenvalue weighted by Crippen LogP contribution is 2.20. The third-order valence-electron chi connectivity index (χ3n) is 3.10. The van der Waals surface area contributed by atoms with Crippen LogP contribution in [0.3, 0.4) is 0 Å². The Bertz CT molecular complexity index is 658. The molecule has 0 fully saturated rings. The molecule has 0 aliphatic carbocycles. The normalized spacial score (nSPS) is 10.2. The number of ether oxygens (including phenoxy) is 1. The molecule has 1 aromatic carbocycles. The Hall–Kier alpha value is -2.76. The van der Waals surface area contributed by atoms with Crippen molar-refractivity contribution in [2.24, 2.45) is 0 Å². The van der Waals surface area contributed by atoms with Crippen LogP contribution in [0.2, 0.25) is 0 Å². The van der Waals surface area contributed by atoms with Crippen LogP contribution in [0.5, 0.6) is 5.75 Å². The summed E-state index contributed by atoms with van der Waals surface area (Å²) in [7, 11) is 3.45. The van der Waals surface area contributed by atoms with Crippen molar-refractivity contribution in [2.75, 3.05) is 24.8 Å². The number of hydrogen-bond acceptors (Lipinski definition) is 5. The number of hydrogen-bond donors (Lipinski definition) is 2. The molecule has 110 valence electrons. The van der Waals surface area contributed by atoms with E-state index in [-0.39, 0.29) is 11.3 Å². The van der Waals surface area contributed by atoms with Crippen LogP contribution in [-0.4, -0.2) is 30.2 Å². The number of nitrogens with two attached hydrogens (primary N) is 1. The quantitative estimate of drug-likeness (QED) is 0.874. The fourth-order valence-corrected chi connectivity index (χ4v) is 1.97. The molecule has 2 aromatic rings. The number of rotatable bonds is 5. The van der Waals surface area contributed by atoms with E-state index in [2.05, 4.69) is 4.98 Å². The average molecular weight is 287 g/mol. The lowest BCUT2D eigenvalue weighted by molar-refractivity contribution is 0.0698. The predicted octanol–water partition coefficient (Wildman–Crippen LogP) is 2.01. The van der Waals surface area contributed by atoms with Crippen molar-refractivity contribution in [2.45, 2.75) is 6.54 Å². The number of anilines is 2. The lowest BCUT2D eigenvalue weighted by atomic mass is 10.2. The SMILES string of the molecule is COc1cccc(CN(C)c2cc(C(=O)O)c(N)cn2)c1. The van der Waals surface area contributed by atoms with Crippen LogP contribution in [0.25, 0.3) is 0 Å². The van der Waals surface area contributed by atoms with Gasteiger partial charge in [-0.25, -0.2) is 9.78 Å². The summed E-state index contributed by atoms with van der Waals surface area (Å²) >= 11 is 0. The Labute approximate surface area is 122 Å². The molecule has 0 aliphatic rings. The van der Waals surface area contributed by atoms with E-state index in [4.69, 9.17) is 15.6 Å². The zero-order valence-corrected chi connectivity index (χ0v) is 11.9. The molecule has 6 nitrogen and oxygen atoms in total. The van der Waals surface area contributed by atoms with Gasteiger partial charge in [0.05, 0.1) is 24.6 Å². The molecule has 0 radical (unpaired) electrons. The largest absolute Gasteiger partial charge is 0.497 e. The lowest BCUT2D eigenvalue weighted by Crippen LogP contribution is -2.18. The van der Waals surface area contributed by atoms with E-state index in [0.29, 0.717) is 12.4 Å². The maximum Gasteiger partial charge on any atom is 0.337 e. The van der Waals surface area contributed by atoms with Gasteiger partial charge < -0.3 is 20.5 Å². The third-order valence-corrected chi connectivity index (χ3v) is 3.10. The van der Waals surface area contributed by atoms with Crippen LogP contribution < -0.4 is 15.4 Å². The fourth-order valence-electron chi connectivity index (χ4n) is 1.97. The number of aromatic carboxylic acids is 1. The fraction of sp³-hybridized carbons (Fsp3) is 0.200. The summed E-state index contributed by atoms with van der Waals surface area (Å²) in [6.45, 7) is 0.577. The van der Waals surface area contributed by atoms with Crippen molar-refractivity contribution in [3.63, 3.8) is 0 Å². The van der Waals surface area contributed by atoms with Gasteiger partial charge in [-0.05, 0) is 23.8 Å². The minimum Gasteiger partial charge on any atom is -0.497 e. The van der Waals surface area contributed by atoms with Gasteiger partial charge >= 0.3 is 5.97 Å². The molecule has 0 saturated heterocycles. The first-order chi connectivity index (χ1) is 10.0. The van der Waals surface area contributed by atoms with E-state index < -0.39 is 5.97 Å². The summed E-state index contributed by atoms with van der Waals surface area (Å²) in [6, 6.07) is 9.13. The first-order valence-corrected chi connectivity index (χ1v) is 6.34. The van der Waals surface area contributed by atoms with E-state index in [1.54, 1.807) is 7.11 Å². The van der Waals surface area contributed by atoms with Crippen molar-refractivity contribution in [1.82, 2.24) is 4.98 Å². The van der Waals surface area contributed by atoms with Crippen LogP contribution in [0, 0.1) is 0 Å². The summed E-state index contributed by atoms with van der Waals surface area (Å²) in [6.07, 6.45) is 1.36. The predicted molar refractivity (Wildman–Crippen MR) is 80.7 cm³/mol. The zero-order chi connectivity index (χ0) is 15.4. The van der Waals surface area contributed by atoms with Crippen LogP contribution >= 0.6 is 0 Å². The Kier molecular flexibility index (Phi) is 4.27. The molecule has 6 heteroatoms. The van der Waals surface area contributed by atoms with Crippen LogP contribution in [0.15, 0.2) is 36.5 Å². The molecule has 0 unspecified atom stereocenters. The second kappa shape index (κ2) is 6.13. The second-order valence-corrected chi connectivity index (χ2v) is 4.64. The van der Waals surface area contributed by atoms with Gasteiger partial charge in [0.15, 0.2) is 0 Å². The molecular formula is C15H17N3O3. The molecule has 0 saturated carbocycles. The Morgan fingerprint density at radius 3 is 2.86 bits per heavy atom.